The second-order valence-corrected chi connectivity index (χ2v) is 5.96. The summed E-state index contributed by atoms with van der Waals surface area (Å²) in [6.45, 7) is 7.04. The zero-order valence-corrected chi connectivity index (χ0v) is 13.0. The standard InChI is InChI=1S/C16H26N2O2/c1-16(2,3)12-8-9-14(20-4)13(11-12)18-15(19)7-5-6-10-17/h8-9,11H,5-7,10,17H2,1-4H3,(H,18,19). The van der Waals surface area contributed by atoms with Gasteiger partial charge in [-0.05, 0) is 42.5 Å². The number of hydrogen-bond donors (Lipinski definition) is 2. The van der Waals surface area contributed by atoms with Gasteiger partial charge in [0.25, 0.3) is 0 Å². The molecular weight excluding hydrogens is 252 g/mol. The second kappa shape index (κ2) is 7.29. The molecule has 3 N–H and O–H groups in total. The van der Waals surface area contributed by atoms with Crippen molar-refractivity contribution in [3.8, 4) is 5.75 Å². The van der Waals surface area contributed by atoms with E-state index < -0.39 is 0 Å². The van der Waals surface area contributed by atoms with Gasteiger partial charge in [-0.15, -0.1) is 0 Å². The van der Waals surface area contributed by atoms with Crippen LogP contribution in [0.2, 0.25) is 0 Å². The first kappa shape index (κ1) is 16.5. The highest BCUT2D eigenvalue weighted by Crippen LogP contribution is 2.31. The fraction of sp³-hybridized carbons (Fsp3) is 0.562. The number of nitrogens with two attached hydrogens (primary N) is 1. The summed E-state index contributed by atoms with van der Waals surface area (Å²) in [6, 6.07) is 5.92. The predicted molar refractivity (Wildman–Crippen MR) is 83.2 cm³/mol. The third kappa shape index (κ3) is 4.85. The van der Waals surface area contributed by atoms with E-state index in [1.165, 1.54) is 0 Å². The highest BCUT2D eigenvalue weighted by molar-refractivity contribution is 5.92. The van der Waals surface area contributed by atoms with Crippen LogP contribution in [0.4, 0.5) is 5.69 Å². The van der Waals surface area contributed by atoms with Crippen LogP contribution in [0, 0.1) is 0 Å². The summed E-state index contributed by atoms with van der Waals surface area (Å²) < 4.78 is 5.30. The van der Waals surface area contributed by atoms with E-state index in [0.29, 0.717) is 18.7 Å². The topological polar surface area (TPSA) is 64.3 Å². The van der Waals surface area contributed by atoms with Gasteiger partial charge in [-0.25, -0.2) is 0 Å². The van der Waals surface area contributed by atoms with Gasteiger partial charge in [-0.2, -0.15) is 0 Å². The first-order chi connectivity index (χ1) is 9.38. The number of carbonyl (C=O) groups excluding carboxylic acids is 1. The quantitative estimate of drug-likeness (QED) is 0.786. The molecule has 20 heavy (non-hydrogen) atoms. The van der Waals surface area contributed by atoms with Crippen molar-refractivity contribution in [1.29, 1.82) is 0 Å². The van der Waals surface area contributed by atoms with Crippen LogP contribution in [0.1, 0.15) is 45.6 Å². The van der Waals surface area contributed by atoms with Crippen molar-refractivity contribution in [1.82, 2.24) is 0 Å². The van der Waals surface area contributed by atoms with Crippen molar-refractivity contribution < 1.29 is 9.53 Å². The molecule has 0 spiro atoms. The number of rotatable bonds is 6. The molecule has 0 fully saturated rings. The molecule has 0 aliphatic heterocycles. The number of hydrogen-bond acceptors (Lipinski definition) is 3. The van der Waals surface area contributed by atoms with Crippen molar-refractivity contribution in [2.75, 3.05) is 19.0 Å². The minimum atomic E-state index is 0.00260. The molecule has 0 saturated carbocycles. The Kier molecular flexibility index (Phi) is 6.02. The van der Waals surface area contributed by atoms with Gasteiger partial charge >= 0.3 is 0 Å². The lowest BCUT2D eigenvalue weighted by Gasteiger charge is -2.21. The summed E-state index contributed by atoms with van der Waals surface area (Å²) in [5.74, 6) is 0.688. The van der Waals surface area contributed by atoms with Crippen molar-refractivity contribution >= 4 is 11.6 Å². The zero-order valence-electron chi connectivity index (χ0n) is 13.0. The predicted octanol–water partition coefficient (Wildman–Crippen LogP) is 3.06. The van der Waals surface area contributed by atoms with E-state index in [0.717, 1.165) is 24.1 Å². The number of anilines is 1. The van der Waals surface area contributed by atoms with Crippen LogP contribution in [-0.2, 0) is 10.2 Å². The Morgan fingerprint density at radius 3 is 2.55 bits per heavy atom. The molecule has 0 atom stereocenters. The van der Waals surface area contributed by atoms with E-state index in [9.17, 15) is 4.79 Å². The highest BCUT2D eigenvalue weighted by atomic mass is 16.5. The molecule has 1 rings (SSSR count). The van der Waals surface area contributed by atoms with E-state index >= 15 is 0 Å². The number of ether oxygens (including phenoxy) is 1. The Morgan fingerprint density at radius 2 is 2.00 bits per heavy atom. The maximum atomic E-state index is 11.9. The molecule has 0 aromatic heterocycles. The molecule has 1 aromatic carbocycles. The van der Waals surface area contributed by atoms with E-state index in [4.69, 9.17) is 10.5 Å². The van der Waals surface area contributed by atoms with Crippen LogP contribution < -0.4 is 15.8 Å². The first-order valence-corrected chi connectivity index (χ1v) is 7.07. The minimum absolute atomic E-state index is 0.00260. The largest absolute Gasteiger partial charge is 0.495 e. The summed E-state index contributed by atoms with van der Waals surface area (Å²) >= 11 is 0. The van der Waals surface area contributed by atoms with Gasteiger partial charge in [-0.3, -0.25) is 4.79 Å². The van der Waals surface area contributed by atoms with Gasteiger partial charge in [0.2, 0.25) is 5.91 Å². The Labute approximate surface area is 121 Å². The third-order valence-electron chi connectivity index (χ3n) is 3.20. The Bertz CT molecular complexity index is 450. The zero-order chi connectivity index (χ0) is 15.2. The molecule has 4 heteroatoms. The molecule has 0 unspecified atom stereocenters. The van der Waals surface area contributed by atoms with Crippen LogP contribution in [0.15, 0.2) is 18.2 Å². The van der Waals surface area contributed by atoms with Gasteiger partial charge < -0.3 is 15.8 Å². The monoisotopic (exact) mass is 278 g/mol. The summed E-state index contributed by atoms with van der Waals surface area (Å²) in [4.78, 5) is 11.9. The van der Waals surface area contributed by atoms with E-state index in [1.807, 2.05) is 18.2 Å². The van der Waals surface area contributed by atoms with E-state index in [2.05, 4.69) is 26.1 Å². The molecule has 112 valence electrons. The molecule has 0 saturated heterocycles. The second-order valence-electron chi connectivity index (χ2n) is 5.96. The Morgan fingerprint density at radius 1 is 1.30 bits per heavy atom. The fourth-order valence-electron chi connectivity index (χ4n) is 1.91. The van der Waals surface area contributed by atoms with Crippen molar-refractivity contribution in [2.24, 2.45) is 5.73 Å². The smallest absolute Gasteiger partial charge is 0.224 e. The molecule has 0 bridgehead atoms. The van der Waals surface area contributed by atoms with Crippen LogP contribution in [-0.4, -0.2) is 19.6 Å². The van der Waals surface area contributed by atoms with Crippen LogP contribution in [0.25, 0.3) is 0 Å². The number of amides is 1. The highest BCUT2D eigenvalue weighted by Gasteiger charge is 2.16. The van der Waals surface area contributed by atoms with Crippen LogP contribution in [0.5, 0.6) is 5.75 Å². The normalized spacial score (nSPS) is 11.2. The lowest BCUT2D eigenvalue weighted by Crippen LogP contribution is -2.15. The number of methoxy groups -OCH3 is 1. The first-order valence-electron chi connectivity index (χ1n) is 7.07. The Balaban J connectivity index is 2.83. The molecule has 0 heterocycles. The Hall–Kier alpha value is -1.55. The average Bonchev–Trinajstić information content (AvgIpc) is 2.38. The minimum Gasteiger partial charge on any atom is -0.495 e. The van der Waals surface area contributed by atoms with Gasteiger partial charge in [0.05, 0.1) is 12.8 Å². The summed E-state index contributed by atoms with van der Waals surface area (Å²) in [5, 5.41) is 2.93. The molecular formula is C16H26N2O2. The van der Waals surface area contributed by atoms with E-state index in [-0.39, 0.29) is 11.3 Å². The molecule has 0 aliphatic rings. The molecule has 1 amide bonds. The molecule has 0 radical (unpaired) electrons. The van der Waals surface area contributed by atoms with Gasteiger partial charge in [0.15, 0.2) is 0 Å². The molecule has 1 aromatic rings. The lowest BCUT2D eigenvalue weighted by atomic mass is 9.87. The van der Waals surface area contributed by atoms with Crippen LogP contribution >= 0.6 is 0 Å². The van der Waals surface area contributed by atoms with Gasteiger partial charge in [0, 0.05) is 6.42 Å². The SMILES string of the molecule is COc1ccc(C(C)(C)C)cc1NC(=O)CCCCN. The van der Waals surface area contributed by atoms with Crippen molar-refractivity contribution in [3.05, 3.63) is 23.8 Å². The summed E-state index contributed by atoms with van der Waals surface area (Å²) in [7, 11) is 1.61. The van der Waals surface area contributed by atoms with Gasteiger partial charge in [0.1, 0.15) is 5.75 Å². The van der Waals surface area contributed by atoms with Crippen LogP contribution in [0.3, 0.4) is 0 Å². The third-order valence-corrected chi connectivity index (χ3v) is 3.20. The lowest BCUT2D eigenvalue weighted by molar-refractivity contribution is -0.116. The maximum absolute atomic E-state index is 11.9. The number of carbonyl (C=O) groups is 1. The van der Waals surface area contributed by atoms with Crippen molar-refractivity contribution in [2.45, 2.75) is 45.4 Å². The fourth-order valence-corrected chi connectivity index (χ4v) is 1.91. The number of nitrogens with one attached hydrogen (secondary N) is 1. The van der Waals surface area contributed by atoms with E-state index in [1.54, 1.807) is 7.11 Å². The molecule has 4 nitrogen and oxygen atoms in total. The summed E-state index contributed by atoms with van der Waals surface area (Å²) in [5.41, 5.74) is 7.36. The summed E-state index contributed by atoms with van der Waals surface area (Å²) in [6.07, 6.45) is 2.16. The molecule has 0 aliphatic carbocycles. The number of benzene rings is 1. The van der Waals surface area contributed by atoms with Gasteiger partial charge in [-0.1, -0.05) is 26.8 Å². The average molecular weight is 278 g/mol. The maximum Gasteiger partial charge on any atom is 0.224 e. The van der Waals surface area contributed by atoms with Crippen molar-refractivity contribution in [3.63, 3.8) is 0 Å². The number of unbranched alkanes of at least 4 members (excludes halogenated alkanes) is 1.